The molecule has 0 amide bonds. The lowest BCUT2D eigenvalue weighted by molar-refractivity contribution is -0.440. The predicted molar refractivity (Wildman–Crippen MR) is 87.5 cm³/mol. The predicted octanol–water partition coefficient (Wildman–Crippen LogP) is 2.18. The summed E-state index contributed by atoms with van der Waals surface area (Å²) in [5.74, 6) is 0.812. The first-order chi connectivity index (χ1) is 11.1. The van der Waals surface area contributed by atoms with Crippen LogP contribution >= 0.6 is 22.9 Å². The molecule has 0 radical (unpaired) electrons. The van der Waals surface area contributed by atoms with Gasteiger partial charge in [0, 0.05) is 24.2 Å². The third-order valence-electron chi connectivity index (χ3n) is 5.06. The lowest BCUT2D eigenvalue weighted by atomic mass is 9.94. The van der Waals surface area contributed by atoms with Gasteiger partial charge >= 0.3 is 5.70 Å². The van der Waals surface area contributed by atoms with Crippen LogP contribution in [0.2, 0.25) is 4.47 Å². The van der Waals surface area contributed by atoms with Gasteiger partial charge in [0.2, 0.25) is 0 Å². The quantitative estimate of drug-likeness (QED) is 0.611. The highest BCUT2D eigenvalue weighted by molar-refractivity contribution is 7.15. The van der Waals surface area contributed by atoms with Gasteiger partial charge < -0.3 is 9.80 Å². The number of piperidine rings is 1. The highest BCUT2D eigenvalue weighted by Gasteiger charge is 2.50. The van der Waals surface area contributed by atoms with Gasteiger partial charge in [0.1, 0.15) is 6.04 Å². The van der Waals surface area contributed by atoms with Crippen molar-refractivity contribution in [1.29, 1.82) is 0 Å². The number of hydrogen-bond acceptors (Lipinski definition) is 7. The number of rotatable bonds is 3. The first kappa shape index (κ1) is 15.2. The van der Waals surface area contributed by atoms with E-state index in [1.165, 1.54) is 11.3 Å². The summed E-state index contributed by atoms with van der Waals surface area (Å²) in [6, 6.07) is -0.0827. The molecule has 7 nitrogen and oxygen atoms in total. The van der Waals surface area contributed by atoms with Crippen LogP contribution < -0.4 is 0 Å². The average molecular weight is 356 g/mol. The summed E-state index contributed by atoms with van der Waals surface area (Å²) in [7, 11) is 2.01. The van der Waals surface area contributed by atoms with E-state index in [-0.39, 0.29) is 17.1 Å². The molecule has 3 aliphatic heterocycles. The second-order valence-corrected chi connectivity index (χ2v) is 7.95. The van der Waals surface area contributed by atoms with Crippen LogP contribution in [0, 0.1) is 10.1 Å². The van der Waals surface area contributed by atoms with Crippen LogP contribution in [0.4, 0.5) is 0 Å². The minimum atomic E-state index is -0.178. The van der Waals surface area contributed by atoms with Crippen molar-refractivity contribution in [3.05, 3.63) is 37.2 Å². The van der Waals surface area contributed by atoms with Crippen LogP contribution in [0.15, 0.2) is 17.7 Å². The number of thiazole rings is 1. The van der Waals surface area contributed by atoms with Crippen molar-refractivity contribution < 1.29 is 4.92 Å². The van der Waals surface area contributed by atoms with Crippen LogP contribution in [0.25, 0.3) is 0 Å². The molecule has 4 heterocycles. The van der Waals surface area contributed by atoms with Gasteiger partial charge in [-0.2, -0.15) is 0 Å². The van der Waals surface area contributed by atoms with E-state index >= 15 is 0 Å². The molecule has 2 unspecified atom stereocenters. The Morgan fingerprint density at radius 1 is 1.48 bits per heavy atom. The Balaban J connectivity index is 1.73. The van der Waals surface area contributed by atoms with E-state index in [0.29, 0.717) is 16.7 Å². The van der Waals surface area contributed by atoms with Crippen molar-refractivity contribution in [2.75, 3.05) is 20.1 Å². The molecule has 1 aromatic heterocycles. The molecule has 0 N–H and O–H groups in total. The summed E-state index contributed by atoms with van der Waals surface area (Å²) in [6.07, 6.45) is 5.02. The monoisotopic (exact) mass is 355 g/mol. The van der Waals surface area contributed by atoms with E-state index in [0.717, 1.165) is 43.1 Å². The molecule has 0 saturated carbocycles. The highest BCUT2D eigenvalue weighted by atomic mass is 35.5. The van der Waals surface area contributed by atoms with E-state index in [1.54, 1.807) is 6.20 Å². The standard InChI is InChI=1S/C14H18ClN5O2S/c1-17-10-3-2-4-11(17)19-6-5-18(13(19)12(10)20(21)22)8-9-7-16-14(15)23-9/h7,10-11H,2-6,8H2,1H3. The molecule has 0 spiro atoms. The maximum Gasteiger partial charge on any atom is 0.303 e. The molecule has 124 valence electrons. The molecule has 2 atom stereocenters. The topological polar surface area (TPSA) is 65.8 Å². The van der Waals surface area contributed by atoms with Crippen molar-refractivity contribution in [3.63, 3.8) is 0 Å². The van der Waals surface area contributed by atoms with Gasteiger partial charge in [0.05, 0.1) is 17.6 Å². The third-order valence-corrected chi connectivity index (χ3v) is 6.16. The first-order valence-electron chi connectivity index (χ1n) is 7.78. The Bertz CT molecular complexity index is 678. The SMILES string of the molecule is CN1C2CCCC1N1CCN(Cc3cnc(Cl)s3)C1=C2[N+](=O)[O-]. The Kier molecular flexibility index (Phi) is 3.70. The minimum absolute atomic E-state index is 0.0827. The molecule has 0 aliphatic carbocycles. The summed E-state index contributed by atoms with van der Waals surface area (Å²) in [6.45, 7) is 2.27. The number of halogens is 1. The Morgan fingerprint density at radius 3 is 3.00 bits per heavy atom. The summed E-state index contributed by atoms with van der Waals surface area (Å²) in [5.41, 5.74) is 0.358. The van der Waals surface area contributed by atoms with E-state index in [9.17, 15) is 10.1 Å². The molecule has 23 heavy (non-hydrogen) atoms. The number of nitro groups is 1. The van der Waals surface area contributed by atoms with Gasteiger partial charge in [-0.25, -0.2) is 4.98 Å². The molecular formula is C14H18ClN5O2S. The van der Waals surface area contributed by atoms with Gasteiger partial charge in [-0.1, -0.05) is 11.6 Å². The highest BCUT2D eigenvalue weighted by Crippen LogP contribution is 2.41. The zero-order valence-electron chi connectivity index (χ0n) is 12.8. The van der Waals surface area contributed by atoms with Crippen LogP contribution in [0.5, 0.6) is 0 Å². The van der Waals surface area contributed by atoms with Crippen molar-refractivity contribution in [2.24, 2.45) is 0 Å². The zero-order valence-corrected chi connectivity index (χ0v) is 14.4. The molecule has 2 bridgehead atoms. The lowest BCUT2D eigenvalue weighted by Crippen LogP contribution is -2.58. The van der Waals surface area contributed by atoms with Crippen molar-refractivity contribution in [2.45, 2.75) is 38.0 Å². The van der Waals surface area contributed by atoms with Crippen molar-refractivity contribution >= 4 is 22.9 Å². The second-order valence-electron chi connectivity index (χ2n) is 6.25. The van der Waals surface area contributed by atoms with Gasteiger partial charge in [0.25, 0.3) is 0 Å². The number of aromatic nitrogens is 1. The fourth-order valence-corrected chi connectivity index (χ4v) is 5.08. The number of likely N-dealkylation sites (N-methyl/N-ethyl adjacent to an activating group) is 1. The number of hydrogen-bond donors (Lipinski definition) is 0. The Labute approximate surface area is 143 Å². The largest absolute Gasteiger partial charge is 0.346 e. The van der Waals surface area contributed by atoms with E-state index in [4.69, 9.17) is 11.6 Å². The minimum Gasteiger partial charge on any atom is -0.346 e. The van der Waals surface area contributed by atoms with Crippen LogP contribution in [0.3, 0.4) is 0 Å². The Morgan fingerprint density at radius 2 is 2.30 bits per heavy atom. The van der Waals surface area contributed by atoms with Crippen LogP contribution in [-0.4, -0.2) is 57.0 Å². The van der Waals surface area contributed by atoms with E-state index in [2.05, 4.69) is 19.7 Å². The van der Waals surface area contributed by atoms with Crippen LogP contribution in [0.1, 0.15) is 24.1 Å². The maximum absolute atomic E-state index is 11.8. The van der Waals surface area contributed by atoms with Crippen molar-refractivity contribution in [1.82, 2.24) is 19.7 Å². The molecule has 2 saturated heterocycles. The zero-order chi connectivity index (χ0) is 16.1. The average Bonchev–Trinajstić information content (AvgIpc) is 3.07. The summed E-state index contributed by atoms with van der Waals surface area (Å²) in [5, 5.41) is 11.8. The van der Waals surface area contributed by atoms with Gasteiger partial charge in [-0.15, -0.1) is 11.3 Å². The third kappa shape index (κ3) is 2.40. The van der Waals surface area contributed by atoms with Gasteiger partial charge in [0.15, 0.2) is 10.3 Å². The lowest BCUT2D eigenvalue weighted by Gasteiger charge is -2.47. The molecule has 4 rings (SSSR count). The molecule has 9 heteroatoms. The fourth-order valence-electron chi connectivity index (χ4n) is 4.09. The van der Waals surface area contributed by atoms with Crippen molar-refractivity contribution in [3.8, 4) is 0 Å². The number of fused-ring (bicyclic) bond motifs is 4. The van der Waals surface area contributed by atoms with Crippen LogP contribution in [-0.2, 0) is 6.54 Å². The molecule has 2 fully saturated rings. The fraction of sp³-hybridized carbons (Fsp3) is 0.643. The molecule has 0 aromatic carbocycles. The van der Waals surface area contributed by atoms with E-state index in [1.807, 2.05) is 7.05 Å². The molecule has 3 aliphatic rings. The number of nitrogens with zero attached hydrogens (tertiary/aromatic N) is 5. The summed E-state index contributed by atoms with van der Waals surface area (Å²) in [4.78, 5) is 23.2. The Hall–Kier alpha value is -1.38. The summed E-state index contributed by atoms with van der Waals surface area (Å²) < 4.78 is 0.514. The maximum atomic E-state index is 11.8. The first-order valence-corrected chi connectivity index (χ1v) is 8.98. The normalized spacial score (nSPS) is 27.6. The van der Waals surface area contributed by atoms with Gasteiger partial charge in [-0.3, -0.25) is 15.0 Å². The molecular weight excluding hydrogens is 338 g/mol. The second kappa shape index (κ2) is 5.61. The van der Waals surface area contributed by atoms with Gasteiger partial charge in [-0.05, 0) is 26.3 Å². The smallest absolute Gasteiger partial charge is 0.303 e. The molecule has 1 aromatic rings. The summed E-state index contributed by atoms with van der Waals surface area (Å²) >= 11 is 7.35. The van der Waals surface area contributed by atoms with E-state index < -0.39 is 0 Å².